The minimum Gasteiger partial charge on any atom is -0.289 e. The number of ketones is 2. The molecule has 0 fully saturated rings. The van der Waals surface area contributed by atoms with Crippen molar-refractivity contribution in [2.45, 2.75) is 195 Å². The fourth-order valence-electron chi connectivity index (χ4n) is 17.7. The molecule has 0 amide bonds. The predicted octanol–water partition coefficient (Wildman–Crippen LogP) is 26.9. The third-order valence-electron chi connectivity index (χ3n) is 23.6. The van der Waals surface area contributed by atoms with Crippen molar-refractivity contribution in [1.82, 2.24) is 0 Å². The first-order valence-corrected chi connectivity index (χ1v) is 42.5. The number of thiophene rings is 4. The van der Waals surface area contributed by atoms with Crippen molar-refractivity contribution >= 4 is 99.0 Å². The molecule has 0 bridgehead atoms. The molecule has 6 nitrogen and oxygen atoms in total. The number of aryl methyl sites for hydroxylation is 8. The van der Waals surface area contributed by atoms with E-state index in [4.69, 9.17) is 0 Å². The second-order valence-electron chi connectivity index (χ2n) is 30.5. The Hall–Kier alpha value is -9.88. The van der Waals surface area contributed by atoms with E-state index in [1.165, 1.54) is 165 Å². The van der Waals surface area contributed by atoms with Gasteiger partial charge < -0.3 is 0 Å². The number of carbonyl (C=O) groups excluding carboxylic acids is 2. The Morgan fingerprint density at radius 3 is 0.917 bits per heavy atom. The molecule has 4 heterocycles. The van der Waals surface area contributed by atoms with Gasteiger partial charge in [0, 0.05) is 73.5 Å². The zero-order valence-corrected chi connectivity index (χ0v) is 66.7. The molecule has 4 aliphatic carbocycles. The number of fused-ring (bicyclic) bond motifs is 12. The standard InChI is InChI=1S/C98H90N4O2S4/c1-9-13-17-21-25-63-29-37-69(38-30-63)97(70-39-31-64(32-40-70)26-22-18-14-10-2)83-53-80-84(54-79(83)93-89(97)95-85(107-93)51-73(105-95)49-81-87(67(55-99)56-100)75-45-59(5)61(7)47-77(75)91(81)103)98(71-41-33-65(34-42-71)27-23-19-15-11-3,72-43-35-66(36-44-72)28-24-20-16-12-4)90-94(80)108-86-52-74(106-96(86)90)50-82-88(68(57-101)58-102)76-46-60(6)62(8)48-78(76)92(82)104/h29-54H,9-28H2,1-8H3/b81-49-,82-50+. The maximum Gasteiger partial charge on any atom is 0.194 e. The van der Waals surface area contributed by atoms with Gasteiger partial charge in [0.15, 0.2) is 11.6 Å². The van der Waals surface area contributed by atoms with Gasteiger partial charge >= 0.3 is 0 Å². The van der Waals surface area contributed by atoms with Gasteiger partial charge in [-0.3, -0.25) is 9.59 Å². The summed E-state index contributed by atoms with van der Waals surface area (Å²) in [6, 6.07) is 64.6. The monoisotopic (exact) mass is 1480 g/mol. The Labute approximate surface area is 653 Å². The summed E-state index contributed by atoms with van der Waals surface area (Å²) in [5, 5.41) is 42.3. The van der Waals surface area contributed by atoms with Crippen LogP contribution in [0.2, 0.25) is 0 Å². The second kappa shape index (κ2) is 31.0. The molecule has 0 aliphatic heterocycles. The van der Waals surface area contributed by atoms with Crippen molar-refractivity contribution in [3.63, 3.8) is 0 Å². The van der Waals surface area contributed by atoms with Crippen LogP contribution in [0.4, 0.5) is 0 Å². The fraction of sp³-hybridized carbons (Fsp3) is 0.306. The Morgan fingerprint density at radius 1 is 0.352 bits per heavy atom. The van der Waals surface area contributed by atoms with Crippen LogP contribution >= 0.6 is 45.3 Å². The second-order valence-corrected chi connectivity index (χ2v) is 34.7. The predicted molar refractivity (Wildman–Crippen MR) is 452 cm³/mol. The highest BCUT2D eigenvalue weighted by Gasteiger charge is 2.55. The fourth-order valence-corrected chi connectivity index (χ4v) is 23.2. The van der Waals surface area contributed by atoms with Crippen molar-refractivity contribution in [3.8, 4) is 45.2 Å². The van der Waals surface area contributed by atoms with Crippen LogP contribution in [0, 0.1) is 73.0 Å². The molecular formula is C98H90N4O2S4. The van der Waals surface area contributed by atoms with E-state index >= 15 is 0 Å². The maximum atomic E-state index is 14.9. The van der Waals surface area contributed by atoms with E-state index in [1.54, 1.807) is 22.7 Å². The largest absolute Gasteiger partial charge is 0.289 e. The summed E-state index contributed by atoms with van der Waals surface area (Å²) in [5.74, 6) is -0.365. The van der Waals surface area contributed by atoms with Crippen LogP contribution in [-0.2, 0) is 36.5 Å². The van der Waals surface area contributed by atoms with Crippen molar-refractivity contribution in [2.75, 3.05) is 0 Å². The Kier molecular flexibility index (Phi) is 21.1. The molecule has 0 N–H and O–H groups in total. The average molecular weight is 1480 g/mol. The van der Waals surface area contributed by atoms with Crippen LogP contribution in [0.25, 0.3) is 63.0 Å². The van der Waals surface area contributed by atoms with Crippen molar-refractivity contribution in [3.05, 3.63) is 289 Å². The van der Waals surface area contributed by atoms with Crippen LogP contribution in [0.1, 0.15) is 261 Å². The Morgan fingerprint density at radius 2 is 0.639 bits per heavy atom. The lowest BCUT2D eigenvalue weighted by Crippen LogP contribution is -2.30. The number of rotatable bonds is 26. The van der Waals surface area contributed by atoms with Crippen molar-refractivity contribution in [1.29, 1.82) is 21.0 Å². The third kappa shape index (κ3) is 12.7. The van der Waals surface area contributed by atoms with Crippen LogP contribution in [0.15, 0.2) is 168 Å². The zero-order chi connectivity index (χ0) is 75.1. The van der Waals surface area contributed by atoms with E-state index in [-0.39, 0.29) is 22.7 Å². The Balaban J connectivity index is 1.01. The highest BCUT2D eigenvalue weighted by atomic mass is 32.1. The molecule has 7 aromatic carbocycles. The van der Waals surface area contributed by atoms with E-state index < -0.39 is 10.8 Å². The van der Waals surface area contributed by atoms with Crippen molar-refractivity contribution < 1.29 is 9.59 Å². The van der Waals surface area contributed by atoms with Gasteiger partial charge in [0.2, 0.25) is 0 Å². The van der Waals surface area contributed by atoms with Crippen LogP contribution < -0.4 is 0 Å². The van der Waals surface area contributed by atoms with Gasteiger partial charge in [-0.1, -0.05) is 214 Å². The van der Waals surface area contributed by atoms with Crippen LogP contribution in [-0.4, -0.2) is 11.6 Å². The molecule has 0 saturated heterocycles. The van der Waals surface area contributed by atoms with Crippen LogP contribution in [0.3, 0.4) is 0 Å². The summed E-state index contributed by atoms with van der Waals surface area (Å²) in [6.07, 6.45) is 26.7. The lowest BCUT2D eigenvalue weighted by atomic mass is 9.65. The number of benzene rings is 7. The summed E-state index contributed by atoms with van der Waals surface area (Å²) in [4.78, 5) is 34.0. The SMILES string of the molecule is CCCCCCc1ccc(C2(c3ccc(CCCCCC)cc3)c3cc4c(cc3-c3sc5cc(/C=C6\C(=O)c7cc(C)c(C)cc7C6=C(C#N)C#N)sc5c32)C(c2ccc(CCCCCC)cc2)(c2ccc(CCCCCC)cc2)c2c-4sc3cc(/C=C4/C(=O)c5cc(C)c(C)cc5C4=C(C#N)C#N)sc23)cc1. The summed E-state index contributed by atoms with van der Waals surface area (Å²) < 4.78 is 4.50. The molecular weight excluding hydrogens is 1390 g/mol. The number of nitrogens with zero attached hydrogens (tertiary/aromatic N) is 4. The summed E-state index contributed by atoms with van der Waals surface area (Å²) in [5.41, 5.74) is 23.2. The quantitative estimate of drug-likeness (QED) is 0.0302. The molecule has 10 heteroatoms. The summed E-state index contributed by atoms with van der Waals surface area (Å²) in [6.45, 7) is 17.1. The first-order valence-electron chi connectivity index (χ1n) is 39.2. The summed E-state index contributed by atoms with van der Waals surface area (Å²) in [7, 11) is 0. The van der Waals surface area contributed by atoms with E-state index in [0.717, 1.165) is 102 Å². The molecule has 0 radical (unpaired) electrons. The van der Waals surface area contributed by atoms with Gasteiger partial charge in [0.1, 0.15) is 35.4 Å². The number of hydrogen-bond acceptors (Lipinski definition) is 10. The van der Waals surface area contributed by atoms with E-state index in [2.05, 4.69) is 173 Å². The number of nitriles is 4. The molecule has 0 atom stereocenters. The molecule has 538 valence electrons. The van der Waals surface area contributed by atoms with E-state index in [0.29, 0.717) is 44.5 Å². The van der Waals surface area contributed by atoms with Gasteiger partial charge in [0.25, 0.3) is 0 Å². The van der Waals surface area contributed by atoms with E-state index in [1.807, 2.05) is 86.8 Å². The molecule has 4 aliphatic rings. The van der Waals surface area contributed by atoms with E-state index in [9.17, 15) is 30.6 Å². The molecule has 0 unspecified atom stereocenters. The number of hydrogen-bond donors (Lipinski definition) is 0. The third-order valence-corrected chi connectivity index (χ3v) is 28.4. The number of unbranched alkanes of at least 4 members (excludes halogenated alkanes) is 12. The van der Waals surface area contributed by atoms with Gasteiger partial charge in [-0.25, -0.2) is 0 Å². The molecule has 0 spiro atoms. The maximum absolute atomic E-state index is 14.9. The normalized spacial score (nSPS) is 14.8. The van der Waals surface area contributed by atoms with Crippen LogP contribution in [0.5, 0.6) is 0 Å². The number of Topliss-reactive ketones (excluding diaryl/α,β-unsaturated/α-hetero) is 2. The highest BCUT2D eigenvalue weighted by molar-refractivity contribution is 7.31. The number of carbonyl (C=O) groups is 2. The average Bonchev–Trinajstić information content (AvgIpc) is 1.49. The van der Waals surface area contributed by atoms with Gasteiger partial charge in [-0.2, -0.15) is 21.0 Å². The molecule has 4 aromatic heterocycles. The minimum absolute atomic E-state index is 0.0737. The Bertz CT molecular complexity index is 5250. The van der Waals surface area contributed by atoms with Gasteiger partial charge in [-0.15, -0.1) is 45.3 Å². The smallest absolute Gasteiger partial charge is 0.194 e. The first-order chi connectivity index (χ1) is 52.7. The molecule has 0 saturated carbocycles. The zero-order valence-electron chi connectivity index (χ0n) is 63.4. The first kappa shape index (κ1) is 73.6. The lowest BCUT2D eigenvalue weighted by Gasteiger charge is -2.36. The topological polar surface area (TPSA) is 129 Å². The van der Waals surface area contributed by atoms with Gasteiger partial charge in [0.05, 0.1) is 20.2 Å². The lowest BCUT2D eigenvalue weighted by molar-refractivity contribution is 0.103. The molecule has 11 aromatic rings. The minimum atomic E-state index is -0.847. The molecule has 15 rings (SSSR count). The summed E-state index contributed by atoms with van der Waals surface area (Å²) >= 11 is 7.04. The molecule has 108 heavy (non-hydrogen) atoms. The van der Waals surface area contributed by atoms with Gasteiger partial charge in [-0.05, 0) is 228 Å². The number of allylic oxidation sites excluding steroid dienone is 6. The highest BCUT2D eigenvalue weighted by Crippen LogP contribution is 2.68. The van der Waals surface area contributed by atoms with Crippen molar-refractivity contribution in [2.24, 2.45) is 0 Å².